The lowest BCUT2D eigenvalue weighted by molar-refractivity contribution is -0.133. The summed E-state index contributed by atoms with van der Waals surface area (Å²) in [5.41, 5.74) is 2.37. The Labute approximate surface area is 122 Å². The number of carboxylic acid groups (broad SMARTS) is 1. The molecular weight excluding hydrogens is 282 g/mol. The van der Waals surface area contributed by atoms with Gasteiger partial charge >= 0.3 is 5.97 Å². The molecule has 19 heavy (non-hydrogen) atoms. The van der Waals surface area contributed by atoms with Crippen LogP contribution in [0.3, 0.4) is 0 Å². The Balaban J connectivity index is 0.00000180. The molecule has 5 heteroatoms. The number of thioether (sulfide) groups is 1. The molecule has 100 valence electrons. The van der Waals surface area contributed by atoms with Crippen molar-refractivity contribution in [2.24, 2.45) is 0 Å². The monoisotopic (exact) mass is 295 g/mol. The maximum Gasteiger partial charge on any atom is 0.313 e. The third-order valence-corrected chi connectivity index (χ3v) is 3.41. The van der Waals surface area contributed by atoms with Crippen LogP contribution >= 0.6 is 24.2 Å². The third-order valence-electron chi connectivity index (χ3n) is 2.42. The quantitative estimate of drug-likeness (QED) is 0.860. The van der Waals surface area contributed by atoms with Crippen LogP contribution in [0.5, 0.6) is 0 Å². The van der Waals surface area contributed by atoms with Crippen molar-refractivity contribution in [3.63, 3.8) is 0 Å². The Bertz CT molecular complexity index is 517. The van der Waals surface area contributed by atoms with E-state index in [0.717, 1.165) is 11.3 Å². The molecule has 1 N–H and O–H groups in total. The molecule has 1 aromatic carbocycles. The molecular formula is C14H14ClNO2S. The van der Waals surface area contributed by atoms with Crippen LogP contribution in [0, 0.1) is 0 Å². The summed E-state index contributed by atoms with van der Waals surface area (Å²) in [7, 11) is 0. The number of pyridine rings is 1. The average Bonchev–Trinajstić information content (AvgIpc) is 2.39. The van der Waals surface area contributed by atoms with Crippen LogP contribution in [0.2, 0.25) is 0 Å². The zero-order valence-electron chi connectivity index (χ0n) is 10.2. The van der Waals surface area contributed by atoms with E-state index in [1.54, 1.807) is 6.20 Å². The van der Waals surface area contributed by atoms with Crippen molar-refractivity contribution in [2.75, 3.05) is 5.75 Å². The predicted octanol–water partition coefficient (Wildman–Crippen LogP) is 3.27. The zero-order valence-corrected chi connectivity index (χ0v) is 11.8. The summed E-state index contributed by atoms with van der Waals surface area (Å²) in [6.45, 7) is 0. The second kappa shape index (κ2) is 7.81. The Morgan fingerprint density at radius 3 is 2.47 bits per heavy atom. The highest BCUT2D eigenvalue weighted by atomic mass is 35.5. The highest BCUT2D eigenvalue weighted by molar-refractivity contribution is 8.00. The summed E-state index contributed by atoms with van der Waals surface area (Å²) < 4.78 is 0. The second-order valence-corrected chi connectivity index (χ2v) is 4.91. The van der Waals surface area contributed by atoms with E-state index in [4.69, 9.17) is 5.11 Å². The molecule has 0 aliphatic carbocycles. The predicted molar refractivity (Wildman–Crippen MR) is 79.1 cm³/mol. The number of benzene rings is 1. The molecule has 1 heterocycles. The van der Waals surface area contributed by atoms with Crippen LogP contribution < -0.4 is 0 Å². The maximum absolute atomic E-state index is 10.5. The largest absolute Gasteiger partial charge is 0.481 e. The number of rotatable bonds is 5. The van der Waals surface area contributed by atoms with Crippen LogP contribution in [-0.2, 0) is 11.2 Å². The first kappa shape index (κ1) is 15.5. The van der Waals surface area contributed by atoms with Crippen LogP contribution in [-0.4, -0.2) is 21.8 Å². The molecule has 0 radical (unpaired) electrons. The highest BCUT2D eigenvalue weighted by Gasteiger charge is 2.00. The molecule has 2 aromatic rings. The summed E-state index contributed by atoms with van der Waals surface area (Å²) in [5.74, 6) is -0.693. The van der Waals surface area contributed by atoms with E-state index in [-0.39, 0.29) is 18.2 Å². The minimum atomic E-state index is -0.792. The smallest absolute Gasteiger partial charge is 0.313 e. The summed E-state index contributed by atoms with van der Waals surface area (Å²) in [6.07, 6.45) is 4.46. The van der Waals surface area contributed by atoms with Gasteiger partial charge in [-0.1, -0.05) is 18.2 Å². The van der Waals surface area contributed by atoms with E-state index in [0.29, 0.717) is 0 Å². The van der Waals surface area contributed by atoms with Crippen molar-refractivity contribution in [3.8, 4) is 0 Å². The fourth-order valence-electron chi connectivity index (χ4n) is 1.59. The number of hydrogen-bond donors (Lipinski definition) is 1. The molecule has 0 aliphatic rings. The fourth-order valence-corrected chi connectivity index (χ4v) is 2.21. The summed E-state index contributed by atoms with van der Waals surface area (Å²) in [4.78, 5) is 15.5. The summed E-state index contributed by atoms with van der Waals surface area (Å²) in [6, 6.07) is 11.9. The van der Waals surface area contributed by atoms with Crippen molar-refractivity contribution in [3.05, 3.63) is 59.9 Å². The van der Waals surface area contributed by atoms with E-state index < -0.39 is 5.97 Å². The normalized spacial score (nSPS) is 9.68. The number of nitrogens with zero attached hydrogens (tertiary/aromatic N) is 1. The number of carboxylic acids is 1. The minimum absolute atomic E-state index is 0. The molecule has 3 nitrogen and oxygen atoms in total. The van der Waals surface area contributed by atoms with Gasteiger partial charge < -0.3 is 5.11 Å². The fraction of sp³-hybridized carbons (Fsp3) is 0.143. The number of halogens is 1. The first-order valence-electron chi connectivity index (χ1n) is 5.56. The van der Waals surface area contributed by atoms with E-state index in [1.165, 1.54) is 22.9 Å². The SMILES string of the molecule is Cl.O=C(O)CSc1ccc(Cc2cccnc2)cc1. The molecule has 2 rings (SSSR count). The van der Waals surface area contributed by atoms with Gasteiger partial charge in [0.05, 0.1) is 5.75 Å². The van der Waals surface area contributed by atoms with Crippen LogP contribution in [0.1, 0.15) is 11.1 Å². The number of hydrogen-bond acceptors (Lipinski definition) is 3. The van der Waals surface area contributed by atoms with Gasteiger partial charge in [-0.25, -0.2) is 0 Å². The van der Waals surface area contributed by atoms with Gasteiger partial charge in [0.25, 0.3) is 0 Å². The summed E-state index contributed by atoms with van der Waals surface area (Å²) >= 11 is 1.33. The number of aromatic nitrogens is 1. The van der Waals surface area contributed by atoms with Crippen molar-refractivity contribution < 1.29 is 9.90 Å². The molecule has 0 fully saturated rings. The Morgan fingerprint density at radius 1 is 1.16 bits per heavy atom. The van der Waals surface area contributed by atoms with Gasteiger partial charge in [0.1, 0.15) is 0 Å². The van der Waals surface area contributed by atoms with E-state index in [1.807, 2.05) is 42.6 Å². The van der Waals surface area contributed by atoms with Gasteiger partial charge in [0, 0.05) is 17.3 Å². The van der Waals surface area contributed by atoms with Crippen LogP contribution in [0.4, 0.5) is 0 Å². The van der Waals surface area contributed by atoms with Gasteiger partial charge in [-0.2, -0.15) is 0 Å². The van der Waals surface area contributed by atoms with E-state index in [2.05, 4.69) is 4.98 Å². The molecule has 0 aliphatic heterocycles. The van der Waals surface area contributed by atoms with Crippen LogP contribution in [0.15, 0.2) is 53.7 Å². The van der Waals surface area contributed by atoms with Gasteiger partial charge in [-0.3, -0.25) is 9.78 Å². The molecule has 0 unspecified atom stereocenters. The molecule has 0 saturated heterocycles. The van der Waals surface area contributed by atoms with Gasteiger partial charge in [0.2, 0.25) is 0 Å². The summed E-state index contributed by atoms with van der Waals surface area (Å²) in [5, 5.41) is 8.60. The topological polar surface area (TPSA) is 50.2 Å². The second-order valence-electron chi connectivity index (χ2n) is 3.86. The van der Waals surface area contributed by atoms with Crippen LogP contribution in [0.25, 0.3) is 0 Å². The zero-order chi connectivity index (χ0) is 12.8. The molecule has 0 spiro atoms. The Hall–Kier alpha value is -1.52. The molecule has 0 amide bonds. The number of carbonyl (C=O) groups is 1. The van der Waals surface area contributed by atoms with Crippen molar-refractivity contribution in [1.82, 2.24) is 4.98 Å². The van der Waals surface area contributed by atoms with Crippen molar-refractivity contribution in [1.29, 1.82) is 0 Å². The maximum atomic E-state index is 10.5. The van der Waals surface area contributed by atoms with E-state index >= 15 is 0 Å². The van der Waals surface area contributed by atoms with Gasteiger partial charge in [-0.15, -0.1) is 24.2 Å². The Morgan fingerprint density at radius 2 is 1.89 bits per heavy atom. The van der Waals surface area contributed by atoms with E-state index in [9.17, 15) is 4.79 Å². The molecule has 0 bridgehead atoms. The van der Waals surface area contributed by atoms with Gasteiger partial charge in [-0.05, 0) is 35.7 Å². The first-order chi connectivity index (χ1) is 8.74. The molecule has 1 aromatic heterocycles. The lowest BCUT2D eigenvalue weighted by atomic mass is 10.1. The Kier molecular flexibility index (Phi) is 6.39. The minimum Gasteiger partial charge on any atom is -0.481 e. The lowest BCUT2D eigenvalue weighted by Crippen LogP contribution is -1.97. The van der Waals surface area contributed by atoms with Crippen molar-refractivity contribution >= 4 is 30.1 Å². The lowest BCUT2D eigenvalue weighted by Gasteiger charge is -2.03. The number of aliphatic carboxylic acids is 1. The standard InChI is InChI=1S/C14H13NO2S.ClH/c16-14(17)10-18-13-5-3-11(4-6-13)8-12-2-1-7-15-9-12;/h1-7,9H,8,10H2,(H,16,17);1H. The highest BCUT2D eigenvalue weighted by Crippen LogP contribution is 2.19. The van der Waals surface area contributed by atoms with Crippen molar-refractivity contribution in [2.45, 2.75) is 11.3 Å². The third kappa shape index (κ3) is 5.32. The average molecular weight is 296 g/mol. The molecule has 0 atom stereocenters. The molecule has 0 saturated carbocycles. The van der Waals surface area contributed by atoms with Gasteiger partial charge in [0.15, 0.2) is 0 Å². The first-order valence-corrected chi connectivity index (χ1v) is 6.55.